The van der Waals surface area contributed by atoms with Gasteiger partial charge in [0.15, 0.2) is 11.8 Å². The highest BCUT2D eigenvalue weighted by atomic mass is 127. The van der Waals surface area contributed by atoms with E-state index in [2.05, 4.69) is 58.4 Å². The van der Waals surface area contributed by atoms with E-state index in [0.717, 1.165) is 64.0 Å². The van der Waals surface area contributed by atoms with Gasteiger partial charge in [0, 0.05) is 51.6 Å². The lowest BCUT2D eigenvalue weighted by atomic mass is 10.0. The van der Waals surface area contributed by atoms with Crippen LogP contribution in [0.4, 0.5) is 0 Å². The summed E-state index contributed by atoms with van der Waals surface area (Å²) in [5.74, 6) is 3.18. The summed E-state index contributed by atoms with van der Waals surface area (Å²) in [5, 5.41) is 10.8. The molecule has 1 fully saturated rings. The smallest absolute Gasteiger partial charge is 0.226 e. The molecule has 162 valence electrons. The van der Waals surface area contributed by atoms with Crippen LogP contribution in [0.25, 0.3) is 0 Å². The summed E-state index contributed by atoms with van der Waals surface area (Å²) in [4.78, 5) is 11.3. The van der Waals surface area contributed by atoms with Crippen LogP contribution in [0.5, 0.6) is 0 Å². The van der Waals surface area contributed by atoms with Crippen LogP contribution in [-0.2, 0) is 11.2 Å². The van der Waals surface area contributed by atoms with Crippen molar-refractivity contribution in [1.29, 1.82) is 0 Å². The van der Waals surface area contributed by atoms with Crippen LogP contribution in [0.15, 0.2) is 9.52 Å². The number of nitrogens with zero attached hydrogens (tertiary/aromatic N) is 4. The zero-order valence-electron chi connectivity index (χ0n) is 17.9. The van der Waals surface area contributed by atoms with Crippen molar-refractivity contribution in [2.45, 2.75) is 52.5 Å². The zero-order chi connectivity index (χ0) is 19.6. The minimum atomic E-state index is 0. The fourth-order valence-corrected chi connectivity index (χ4v) is 3.17. The summed E-state index contributed by atoms with van der Waals surface area (Å²) in [6.07, 6.45) is 1.68. The maximum absolute atomic E-state index is 5.48. The average Bonchev–Trinajstić information content (AvgIpc) is 3.13. The number of ether oxygens (including phenoxy) is 1. The second-order valence-corrected chi connectivity index (χ2v) is 7.64. The van der Waals surface area contributed by atoms with Crippen molar-refractivity contribution in [3.05, 3.63) is 11.7 Å². The number of morpholine rings is 1. The second-order valence-electron chi connectivity index (χ2n) is 7.64. The first kappa shape index (κ1) is 25.1. The van der Waals surface area contributed by atoms with Gasteiger partial charge in [-0.15, -0.1) is 24.0 Å². The molecule has 1 saturated heterocycles. The van der Waals surface area contributed by atoms with E-state index in [0.29, 0.717) is 23.8 Å². The predicted molar refractivity (Wildman–Crippen MR) is 123 cm³/mol. The maximum atomic E-state index is 5.48. The van der Waals surface area contributed by atoms with Crippen LogP contribution in [0.2, 0.25) is 0 Å². The number of halogens is 1. The number of guanidine groups is 1. The summed E-state index contributed by atoms with van der Waals surface area (Å²) in [6, 6.07) is 0.472. The molecule has 1 aromatic heterocycles. The topological polar surface area (TPSA) is 87.8 Å². The Hall–Kier alpha value is -0.940. The molecule has 0 aliphatic carbocycles. The lowest BCUT2D eigenvalue weighted by Crippen LogP contribution is -2.52. The van der Waals surface area contributed by atoms with Crippen molar-refractivity contribution in [3.63, 3.8) is 0 Å². The number of aryl methyl sites for hydroxylation is 1. The molecule has 1 unspecified atom stereocenters. The third-order valence-electron chi connectivity index (χ3n) is 4.85. The van der Waals surface area contributed by atoms with Crippen LogP contribution in [-0.4, -0.2) is 73.5 Å². The third-order valence-corrected chi connectivity index (χ3v) is 4.85. The monoisotopic (exact) mass is 508 g/mol. The molecule has 0 aromatic carbocycles. The van der Waals surface area contributed by atoms with Crippen LogP contribution >= 0.6 is 24.0 Å². The molecule has 0 bridgehead atoms. The fraction of sp³-hybridized carbons (Fsp3) is 0.842. The van der Waals surface area contributed by atoms with Gasteiger partial charge < -0.3 is 19.9 Å². The maximum Gasteiger partial charge on any atom is 0.226 e. The molecule has 0 spiro atoms. The van der Waals surface area contributed by atoms with E-state index < -0.39 is 0 Å². The fourth-order valence-electron chi connectivity index (χ4n) is 3.17. The highest BCUT2D eigenvalue weighted by Gasteiger charge is 2.23. The van der Waals surface area contributed by atoms with Gasteiger partial charge in [-0.2, -0.15) is 4.98 Å². The number of nitrogens with one attached hydrogen (secondary N) is 2. The molecular weight excluding hydrogens is 471 g/mol. The summed E-state index contributed by atoms with van der Waals surface area (Å²) in [5.41, 5.74) is 0. The molecule has 2 rings (SSSR count). The van der Waals surface area contributed by atoms with Gasteiger partial charge in [0.1, 0.15) is 0 Å². The molecule has 0 amide bonds. The van der Waals surface area contributed by atoms with E-state index in [1.54, 1.807) is 7.05 Å². The van der Waals surface area contributed by atoms with Gasteiger partial charge in [0.05, 0.1) is 13.2 Å². The SMILES string of the molecule is CN=C(NCCCc1nc(C(C)C)no1)NCC(C(C)C)N1CCOCC1.I. The first-order valence-electron chi connectivity index (χ1n) is 10.1. The summed E-state index contributed by atoms with van der Waals surface area (Å²) in [6.45, 7) is 14.0. The summed E-state index contributed by atoms with van der Waals surface area (Å²) in [7, 11) is 1.81. The lowest BCUT2D eigenvalue weighted by Gasteiger charge is -2.37. The standard InChI is InChI=1S/C19H36N6O2.HI/c1-14(2)16(25-9-11-26-12-10-25)13-22-19(20-5)21-8-6-7-17-23-18(15(3)4)24-27-17;/h14-16H,6-13H2,1-5H3,(H2,20,21,22);1H. The molecule has 0 radical (unpaired) electrons. The molecule has 1 aliphatic heterocycles. The van der Waals surface area contributed by atoms with Crippen LogP contribution in [0.3, 0.4) is 0 Å². The lowest BCUT2D eigenvalue weighted by molar-refractivity contribution is 0.00752. The Bertz CT molecular complexity index is 573. The number of hydrogen-bond acceptors (Lipinski definition) is 6. The molecule has 28 heavy (non-hydrogen) atoms. The van der Waals surface area contributed by atoms with Gasteiger partial charge in [-0.05, 0) is 12.3 Å². The molecular formula is C19H37IN6O2. The normalized spacial score (nSPS) is 16.9. The predicted octanol–water partition coefficient (Wildman–Crippen LogP) is 2.27. The Morgan fingerprint density at radius 2 is 1.89 bits per heavy atom. The molecule has 8 nitrogen and oxygen atoms in total. The molecule has 2 N–H and O–H groups in total. The molecule has 9 heteroatoms. The van der Waals surface area contributed by atoms with Gasteiger partial charge in [-0.25, -0.2) is 0 Å². The van der Waals surface area contributed by atoms with E-state index in [-0.39, 0.29) is 24.0 Å². The van der Waals surface area contributed by atoms with Gasteiger partial charge >= 0.3 is 0 Å². The summed E-state index contributed by atoms with van der Waals surface area (Å²) >= 11 is 0. The average molecular weight is 508 g/mol. The Kier molecular flexibility index (Phi) is 11.9. The zero-order valence-corrected chi connectivity index (χ0v) is 20.2. The second kappa shape index (κ2) is 13.3. The molecule has 2 heterocycles. The van der Waals surface area contributed by atoms with E-state index in [1.165, 1.54) is 0 Å². The van der Waals surface area contributed by atoms with E-state index in [1.807, 2.05) is 0 Å². The molecule has 1 aliphatic rings. The number of rotatable bonds is 9. The van der Waals surface area contributed by atoms with Crippen molar-refractivity contribution in [1.82, 2.24) is 25.7 Å². The third kappa shape index (κ3) is 8.20. The number of hydrogen-bond donors (Lipinski definition) is 2. The van der Waals surface area contributed by atoms with E-state index >= 15 is 0 Å². The Morgan fingerprint density at radius 1 is 1.18 bits per heavy atom. The molecule has 0 saturated carbocycles. The molecule has 1 atom stereocenters. The number of aliphatic imine (C=N–C) groups is 1. The van der Waals surface area contributed by atoms with Crippen LogP contribution < -0.4 is 10.6 Å². The van der Waals surface area contributed by atoms with Crippen molar-refractivity contribution < 1.29 is 9.26 Å². The Balaban J connectivity index is 0.00000392. The number of aromatic nitrogens is 2. The van der Waals surface area contributed by atoms with Crippen molar-refractivity contribution in [2.75, 3.05) is 46.4 Å². The van der Waals surface area contributed by atoms with Crippen LogP contribution in [0, 0.1) is 5.92 Å². The van der Waals surface area contributed by atoms with Gasteiger partial charge in [-0.3, -0.25) is 9.89 Å². The first-order valence-corrected chi connectivity index (χ1v) is 10.1. The Morgan fingerprint density at radius 3 is 2.46 bits per heavy atom. The van der Waals surface area contributed by atoms with Gasteiger partial charge in [0.25, 0.3) is 0 Å². The van der Waals surface area contributed by atoms with Crippen molar-refractivity contribution >= 4 is 29.9 Å². The van der Waals surface area contributed by atoms with E-state index in [9.17, 15) is 0 Å². The highest BCUT2D eigenvalue weighted by Crippen LogP contribution is 2.12. The Labute approximate surface area is 186 Å². The van der Waals surface area contributed by atoms with E-state index in [4.69, 9.17) is 9.26 Å². The highest BCUT2D eigenvalue weighted by molar-refractivity contribution is 14.0. The summed E-state index contributed by atoms with van der Waals surface area (Å²) < 4.78 is 10.8. The van der Waals surface area contributed by atoms with Crippen LogP contribution in [0.1, 0.15) is 51.7 Å². The minimum absolute atomic E-state index is 0. The van der Waals surface area contributed by atoms with Crippen molar-refractivity contribution in [2.24, 2.45) is 10.9 Å². The minimum Gasteiger partial charge on any atom is -0.379 e. The molecule has 1 aromatic rings. The van der Waals surface area contributed by atoms with Gasteiger partial charge in [-0.1, -0.05) is 32.9 Å². The van der Waals surface area contributed by atoms with Crippen molar-refractivity contribution in [3.8, 4) is 0 Å². The first-order chi connectivity index (χ1) is 13.0. The van der Waals surface area contributed by atoms with Gasteiger partial charge in [0.2, 0.25) is 5.89 Å². The quantitative estimate of drug-likeness (QED) is 0.229. The largest absolute Gasteiger partial charge is 0.379 e.